The SMILES string of the molecule is COCCOCCOCCN(CCCC(=O)O)c1cc(COc2cc3c(cc2OC)C(=O)N2c4ccccc4C[C@H]2C=N3)cc(COc2cc3c(cc2OC)C(=O)Nc2ccccc2CC/C=N\3)c1. The maximum atomic E-state index is 14.1. The molecule has 3 heterocycles. The number of anilines is 3. The van der Waals surface area contributed by atoms with Gasteiger partial charge in [0.25, 0.3) is 11.8 Å². The van der Waals surface area contributed by atoms with Crippen molar-refractivity contribution in [3.63, 3.8) is 0 Å². The molecule has 0 saturated carbocycles. The molecule has 16 heteroatoms. The predicted molar refractivity (Wildman–Crippen MR) is 263 cm³/mol. The lowest BCUT2D eigenvalue weighted by molar-refractivity contribution is -0.137. The number of ether oxygens (including phenoxy) is 7. The summed E-state index contributed by atoms with van der Waals surface area (Å²) in [6.45, 7) is 3.16. The monoisotopic (exact) mass is 939 g/mol. The Kier molecular flexibility index (Phi) is 16.2. The van der Waals surface area contributed by atoms with Crippen molar-refractivity contribution in [3.8, 4) is 23.0 Å². The minimum absolute atomic E-state index is 0.0112. The van der Waals surface area contributed by atoms with Crippen LogP contribution in [0.4, 0.5) is 28.4 Å². The standard InChI is InChI=1S/C53H57N5O11/c1-63-20-21-67-23-22-66-19-18-57(17-9-15-51(59)60)39-25-35(33-68-49-30-44-41(28-47(49)64-2)52(61)56-43-13-6-4-10-37(43)12-8-16-54-44)24-36(26-39)34-69-50-31-45-42(29-48(50)65-3)53(62)58-40(32-55-45)27-38-11-5-7-14-46(38)58/h4-7,10-11,13-14,16,24-26,28-32,40H,8-9,12,15,17-23,27,33-34H2,1-3H3,(H,56,61)(H,59,60)/b54-16-/t40-/m0/s1. The van der Waals surface area contributed by atoms with Gasteiger partial charge in [0, 0.05) is 74.7 Å². The summed E-state index contributed by atoms with van der Waals surface area (Å²) in [6, 6.07) is 28.1. The number of nitrogens with one attached hydrogen (secondary N) is 1. The largest absolute Gasteiger partial charge is 0.493 e. The van der Waals surface area contributed by atoms with E-state index in [4.69, 9.17) is 43.1 Å². The van der Waals surface area contributed by atoms with E-state index in [0.29, 0.717) is 117 Å². The third kappa shape index (κ3) is 11.9. The Hall–Kier alpha value is -7.27. The Labute approximate surface area is 401 Å². The third-order valence-corrected chi connectivity index (χ3v) is 12.0. The Morgan fingerprint density at radius 1 is 0.739 bits per heavy atom. The number of carboxylic acids is 1. The highest BCUT2D eigenvalue weighted by Crippen LogP contribution is 2.42. The average molecular weight is 940 g/mol. The van der Waals surface area contributed by atoms with Gasteiger partial charge in [-0.3, -0.25) is 29.3 Å². The molecule has 69 heavy (non-hydrogen) atoms. The zero-order valence-electron chi connectivity index (χ0n) is 39.1. The Morgan fingerprint density at radius 3 is 2.10 bits per heavy atom. The molecule has 2 amide bonds. The highest BCUT2D eigenvalue weighted by molar-refractivity contribution is 6.15. The molecule has 1 atom stereocenters. The van der Waals surface area contributed by atoms with E-state index in [1.165, 1.54) is 14.2 Å². The number of aryl methyl sites for hydroxylation is 1. The number of aliphatic imine (C=N–C) groups is 2. The van der Waals surface area contributed by atoms with Crippen LogP contribution in [0.15, 0.2) is 101 Å². The molecule has 3 aliphatic rings. The van der Waals surface area contributed by atoms with Crippen molar-refractivity contribution in [2.75, 3.05) is 82.6 Å². The van der Waals surface area contributed by atoms with E-state index in [-0.39, 0.29) is 37.5 Å². The highest BCUT2D eigenvalue weighted by Gasteiger charge is 2.36. The third-order valence-electron chi connectivity index (χ3n) is 12.0. The van der Waals surface area contributed by atoms with E-state index in [9.17, 15) is 19.5 Å². The number of methoxy groups -OCH3 is 3. The van der Waals surface area contributed by atoms with Crippen LogP contribution in [0.25, 0.3) is 0 Å². The Bertz CT molecular complexity index is 2670. The van der Waals surface area contributed by atoms with Gasteiger partial charge < -0.3 is 48.5 Å². The van der Waals surface area contributed by atoms with Gasteiger partial charge in [-0.1, -0.05) is 36.4 Å². The molecular formula is C53H57N5O11. The van der Waals surface area contributed by atoms with Crippen molar-refractivity contribution in [3.05, 3.63) is 124 Å². The molecule has 0 spiro atoms. The van der Waals surface area contributed by atoms with Crippen molar-refractivity contribution in [2.24, 2.45) is 9.98 Å². The molecular weight excluding hydrogens is 883 g/mol. The number of carboxylic acid groups (broad SMARTS) is 1. The molecule has 8 rings (SSSR count). The lowest BCUT2D eigenvalue weighted by Gasteiger charge is -2.26. The van der Waals surface area contributed by atoms with Crippen molar-refractivity contribution >= 4 is 58.6 Å². The smallest absolute Gasteiger partial charge is 0.303 e. The molecule has 0 unspecified atom stereocenters. The van der Waals surface area contributed by atoms with Crippen LogP contribution in [-0.4, -0.2) is 109 Å². The lowest BCUT2D eigenvalue weighted by Crippen LogP contribution is -2.37. The van der Waals surface area contributed by atoms with Crippen LogP contribution in [-0.2, 0) is 45.1 Å². The van der Waals surface area contributed by atoms with Crippen LogP contribution in [0.1, 0.15) is 62.2 Å². The zero-order valence-corrected chi connectivity index (χ0v) is 39.1. The number of aliphatic carboxylic acids is 1. The maximum absolute atomic E-state index is 14.1. The van der Waals surface area contributed by atoms with Gasteiger partial charge in [-0.2, -0.15) is 0 Å². The van der Waals surface area contributed by atoms with Crippen molar-refractivity contribution in [1.29, 1.82) is 0 Å². The van der Waals surface area contributed by atoms with Crippen LogP contribution in [0.3, 0.4) is 0 Å². The van der Waals surface area contributed by atoms with Crippen LogP contribution < -0.4 is 34.1 Å². The van der Waals surface area contributed by atoms with Gasteiger partial charge in [-0.15, -0.1) is 0 Å². The maximum Gasteiger partial charge on any atom is 0.303 e. The summed E-state index contributed by atoms with van der Waals surface area (Å²) in [6.07, 6.45) is 6.05. The van der Waals surface area contributed by atoms with Crippen LogP contribution in [0.5, 0.6) is 23.0 Å². The summed E-state index contributed by atoms with van der Waals surface area (Å²) >= 11 is 0. The van der Waals surface area contributed by atoms with E-state index in [2.05, 4.69) is 10.2 Å². The Morgan fingerprint density at radius 2 is 1.39 bits per heavy atom. The fourth-order valence-corrected chi connectivity index (χ4v) is 8.58. The molecule has 0 bridgehead atoms. The van der Waals surface area contributed by atoms with Crippen LogP contribution in [0, 0.1) is 0 Å². The van der Waals surface area contributed by atoms with E-state index in [0.717, 1.165) is 39.3 Å². The van der Waals surface area contributed by atoms with Gasteiger partial charge in [0.1, 0.15) is 13.2 Å². The van der Waals surface area contributed by atoms with Gasteiger partial charge in [-0.05, 0) is 84.0 Å². The first-order valence-corrected chi connectivity index (χ1v) is 23.0. The van der Waals surface area contributed by atoms with Crippen LogP contribution >= 0.6 is 0 Å². The molecule has 360 valence electrons. The minimum Gasteiger partial charge on any atom is -0.493 e. The van der Waals surface area contributed by atoms with Crippen molar-refractivity contribution in [2.45, 2.75) is 51.4 Å². The second-order valence-corrected chi connectivity index (χ2v) is 16.6. The summed E-state index contributed by atoms with van der Waals surface area (Å²) in [5.74, 6) is 0.137. The first-order chi connectivity index (χ1) is 33.7. The van der Waals surface area contributed by atoms with E-state index < -0.39 is 5.97 Å². The molecule has 5 aromatic carbocycles. The summed E-state index contributed by atoms with van der Waals surface area (Å²) in [5, 5.41) is 12.6. The van der Waals surface area contributed by atoms with Crippen LogP contribution in [0.2, 0.25) is 0 Å². The molecule has 3 aliphatic heterocycles. The number of fused-ring (bicyclic) bond motifs is 6. The number of nitrogens with zero attached hydrogens (tertiary/aromatic N) is 4. The molecule has 16 nitrogen and oxygen atoms in total. The Balaban J connectivity index is 1.07. The number of amides is 2. The zero-order chi connectivity index (χ0) is 48.1. The number of para-hydroxylation sites is 2. The van der Waals surface area contributed by atoms with Gasteiger partial charge in [0.2, 0.25) is 0 Å². The van der Waals surface area contributed by atoms with Gasteiger partial charge in [0.05, 0.1) is 75.8 Å². The number of rotatable bonds is 22. The molecule has 2 N–H and O–H groups in total. The van der Waals surface area contributed by atoms with Crippen molar-refractivity contribution < 1.29 is 52.6 Å². The number of carbonyl (C=O) groups is 3. The van der Waals surface area contributed by atoms with Gasteiger partial charge >= 0.3 is 5.97 Å². The summed E-state index contributed by atoms with van der Waals surface area (Å²) in [7, 11) is 4.67. The fraction of sp³-hybridized carbons (Fsp3) is 0.340. The number of carbonyl (C=O) groups excluding carboxylic acids is 2. The number of hydrogen-bond donors (Lipinski definition) is 2. The quantitative estimate of drug-likeness (QED) is 0.0634. The first-order valence-electron chi connectivity index (χ1n) is 23.0. The second kappa shape index (κ2) is 23.2. The second-order valence-electron chi connectivity index (χ2n) is 16.6. The van der Waals surface area contributed by atoms with Crippen molar-refractivity contribution in [1.82, 2.24) is 0 Å². The summed E-state index contributed by atoms with van der Waals surface area (Å²) in [5.41, 5.74) is 7.72. The average Bonchev–Trinajstić information content (AvgIpc) is 3.68. The molecule has 0 aromatic heterocycles. The molecule has 0 aliphatic carbocycles. The topological polar surface area (TPSA) is 179 Å². The summed E-state index contributed by atoms with van der Waals surface area (Å²) < 4.78 is 41.2. The number of benzene rings is 5. The highest BCUT2D eigenvalue weighted by atomic mass is 16.5. The predicted octanol–water partition coefficient (Wildman–Crippen LogP) is 8.40. The van der Waals surface area contributed by atoms with Gasteiger partial charge in [-0.25, -0.2) is 0 Å². The lowest BCUT2D eigenvalue weighted by atomic mass is 10.1. The van der Waals surface area contributed by atoms with E-state index >= 15 is 0 Å². The van der Waals surface area contributed by atoms with E-state index in [1.807, 2.05) is 79.2 Å². The molecule has 5 aromatic rings. The molecule has 0 saturated heterocycles. The number of hydrogen-bond acceptors (Lipinski definition) is 13. The minimum atomic E-state index is -0.885. The first kappa shape index (κ1) is 48.2. The molecule has 0 radical (unpaired) electrons. The normalized spacial score (nSPS) is 15.1. The fourth-order valence-electron chi connectivity index (χ4n) is 8.58. The van der Waals surface area contributed by atoms with Gasteiger partial charge in [0.15, 0.2) is 23.0 Å². The molecule has 0 fully saturated rings. The van der Waals surface area contributed by atoms with E-state index in [1.54, 1.807) is 36.3 Å². The summed E-state index contributed by atoms with van der Waals surface area (Å²) in [4.78, 5) is 52.7.